The largest absolute Gasteiger partial charge is 0.491 e. The van der Waals surface area contributed by atoms with E-state index < -0.39 is 0 Å². The number of aromatic nitrogens is 1. The highest BCUT2D eigenvalue weighted by atomic mass is 16.5. The van der Waals surface area contributed by atoms with Gasteiger partial charge in [0.05, 0.1) is 22.9 Å². The van der Waals surface area contributed by atoms with E-state index in [0.29, 0.717) is 24.6 Å². The Morgan fingerprint density at radius 1 is 1.06 bits per heavy atom. The quantitative estimate of drug-likeness (QED) is 0.486. The Kier molecular flexibility index (Phi) is 5.50. The van der Waals surface area contributed by atoms with Gasteiger partial charge in [0.2, 0.25) is 5.91 Å². The van der Waals surface area contributed by atoms with E-state index in [1.807, 2.05) is 29.2 Å². The summed E-state index contributed by atoms with van der Waals surface area (Å²) in [5.41, 5.74) is 4.67. The van der Waals surface area contributed by atoms with Gasteiger partial charge in [0.15, 0.2) is 0 Å². The first kappa shape index (κ1) is 21.2. The van der Waals surface area contributed by atoms with Crippen LogP contribution in [0, 0.1) is 11.3 Å². The van der Waals surface area contributed by atoms with Crippen LogP contribution in [0.2, 0.25) is 0 Å². The minimum Gasteiger partial charge on any atom is -0.491 e. The molecule has 0 unspecified atom stereocenters. The highest BCUT2D eigenvalue weighted by Crippen LogP contribution is 2.43. The first-order valence-corrected chi connectivity index (χ1v) is 12.5. The van der Waals surface area contributed by atoms with Gasteiger partial charge in [0, 0.05) is 42.8 Å². The standard InChI is InChI=1S/C28H29N3O3/c29-17-25-24-13-12-22(34-18-23-6-3-15-33-23)16-26(24)31(21-4-1-5-21)28(25)19-8-10-20(11-9-19)30-14-2-7-27(30)32/h8-13,16,21,23H,1-7,14-15,18H2/t23-/m1/s1. The average Bonchev–Trinajstić information content (AvgIpc) is 3.56. The predicted molar refractivity (Wildman–Crippen MR) is 131 cm³/mol. The maximum atomic E-state index is 12.2. The Morgan fingerprint density at radius 3 is 2.56 bits per heavy atom. The third-order valence-corrected chi connectivity index (χ3v) is 7.51. The number of fused-ring (bicyclic) bond motifs is 1. The third-order valence-electron chi connectivity index (χ3n) is 7.51. The molecule has 3 aromatic rings. The number of carbonyl (C=O) groups is 1. The summed E-state index contributed by atoms with van der Waals surface area (Å²) in [5, 5.41) is 11.1. The summed E-state index contributed by atoms with van der Waals surface area (Å²) < 4.78 is 14.2. The Morgan fingerprint density at radius 2 is 1.91 bits per heavy atom. The normalized spacial score (nSPS) is 20.6. The van der Waals surface area contributed by atoms with Crippen LogP contribution in [-0.2, 0) is 9.53 Å². The molecule has 0 N–H and O–H groups in total. The van der Waals surface area contributed by atoms with Crippen LogP contribution in [0.25, 0.3) is 22.2 Å². The van der Waals surface area contributed by atoms with Gasteiger partial charge in [-0.15, -0.1) is 0 Å². The molecule has 6 rings (SSSR count). The molecule has 0 radical (unpaired) electrons. The van der Waals surface area contributed by atoms with E-state index in [1.165, 1.54) is 6.42 Å². The number of nitriles is 1. The number of amides is 1. The molecule has 3 aliphatic rings. The van der Waals surface area contributed by atoms with Crippen molar-refractivity contribution in [3.63, 3.8) is 0 Å². The molecule has 3 fully saturated rings. The summed E-state index contributed by atoms with van der Waals surface area (Å²) in [6, 6.07) is 17.1. The minimum absolute atomic E-state index is 0.167. The third kappa shape index (κ3) is 3.65. The number of hydrogen-bond acceptors (Lipinski definition) is 4. The Bertz CT molecular complexity index is 1260. The fraction of sp³-hybridized carbons (Fsp3) is 0.429. The molecule has 1 saturated carbocycles. The zero-order chi connectivity index (χ0) is 23.1. The molecule has 0 spiro atoms. The van der Waals surface area contributed by atoms with Gasteiger partial charge in [-0.3, -0.25) is 4.79 Å². The van der Waals surface area contributed by atoms with Gasteiger partial charge in [-0.2, -0.15) is 5.26 Å². The van der Waals surface area contributed by atoms with Crippen LogP contribution in [0.15, 0.2) is 42.5 Å². The van der Waals surface area contributed by atoms with Crippen molar-refractivity contribution in [3.8, 4) is 23.1 Å². The number of nitrogens with zero attached hydrogens (tertiary/aromatic N) is 3. The van der Waals surface area contributed by atoms with Gasteiger partial charge in [-0.1, -0.05) is 12.1 Å². The van der Waals surface area contributed by atoms with Gasteiger partial charge in [-0.25, -0.2) is 0 Å². The number of hydrogen-bond donors (Lipinski definition) is 0. The molecule has 2 aliphatic heterocycles. The van der Waals surface area contributed by atoms with Crippen LogP contribution in [0.3, 0.4) is 0 Å². The lowest BCUT2D eigenvalue weighted by Gasteiger charge is -2.30. The molecule has 1 atom stereocenters. The van der Waals surface area contributed by atoms with Crippen molar-refractivity contribution in [1.82, 2.24) is 4.57 Å². The lowest BCUT2D eigenvalue weighted by molar-refractivity contribution is -0.117. The van der Waals surface area contributed by atoms with E-state index in [4.69, 9.17) is 9.47 Å². The second kappa shape index (κ2) is 8.81. The van der Waals surface area contributed by atoms with Crippen molar-refractivity contribution in [2.45, 2.75) is 57.1 Å². The van der Waals surface area contributed by atoms with Crippen LogP contribution in [0.5, 0.6) is 5.75 Å². The van der Waals surface area contributed by atoms with Gasteiger partial charge in [0.1, 0.15) is 18.4 Å². The highest BCUT2D eigenvalue weighted by molar-refractivity contribution is 5.97. The monoisotopic (exact) mass is 455 g/mol. The highest BCUT2D eigenvalue weighted by Gasteiger charge is 2.28. The van der Waals surface area contributed by atoms with E-state index in [1.54, 1.807) is 0 Å². The number of carbonyl (C=O) groups excluding carboxylic acids is 1. The summed E-state index contributed by atoms with van der Waals surface area (Å²) >= 11 is 0. The number of ether oxygens (including phenoxy) is 2. The maximum absolute atomic E-state index is 12.2. The van der Waals surface area contributed by atoms with Crippen molar-refractivity contribution in [3.05, 3.63) is 48.0 Å². The van der Waals surface area contributed by atoms with Crippen molar-refractivity contribution in [1.29, 1.82) is 5.26 Å². The SMILES string of the molecule is N#Cc1c(-c2ccc(N3CCCC3=O)cc2)n(C2CCC2)c2cc(OC[C@H]3CCCO3)ccc12. The Labute approximate surface area is 199 Å². The second-order valence-corrected chi connectivity index (χ2v) is 9.61. The van der Waals surface area contributed by atoms with Gasteiger partial charge in [-0.05, 0) is 68.4 Å². The fourth-order valence-corrected chi connectivity index (χ4v) is 5.49. The van der Waals surface area contributed by atoms with Gasteiger partial charge >= 0.3 is 0 Å². The van der Waals surface area contributed by atoms with Crippen LogP contribution in [0.1, 0.15) is 56.6 Å². The first-order valence-electron chi connectivity index (χ1n) is 12.5. The maximum Gasteiger partial charge on any atom is 0.227 e. The molecule has 2 aromatic carbocycles. The van der Waals surface area contributed by atoms with E-state index in [-0.39, 0.29) is 12.0 Å². The van der Waals surface area contributed by atoms with Gasteiger partial charge in [0.25, 0.3) is 0 Å². The van der Waals surface area contributed by atoms with E-state index in [9.17, 15) is 10.1 Å². The van der Waals surface area contributed by atoms with Crippen LogP contribution in [0.4, 0.5) is 5.69 Å². The molecule has 6 nitrogen and oxygen atoms in total. The number of rotatable bonds is 6. The van der Waals surface area contributed by atoms with Crippen molar-refractivity contribution < 1.29 is 14.3 Å². The molecule has 1 aliphatic carbocycles. The minimum atomic E-state index is 0.167. The molecular formula is C28H29N3O3. The smallest absolute Gasteiger partial charge is 0.227 e. The zero-order valence-corrected chi connectivity index (χ0v) is 19.3. The van der Waals surface area contributed by atoms with Crippen LogP contribution >= 0.6 is 0 Å². The van der Waals surface area contributed by atoms with E-state index >= 15 is 0 Å². The average molecular weight is 456 g/mol. The fourth-order valence-electron chi connectivity index (χ4n) is 5.49. The number of anilines is 1. The Hall–Kier alpha value is -3.30. The molecule has 174 valence electrons. The lowest BCUT2D eigenvalue weighted by atomic mass is 9.92. The molecule has 1 amide bonds. The van der Waals surface area contributed by atoms with Gasteiger partial charge < -0.3 is 18.9 Å². The Balaban J connectivity index is 1.40. The van der Waals surface area contributed by atoms with Crippen molar-refractivity contribution >= 4 is 22.5 Å². The van der Waals surface area contributed by atoms with Crippen molar-refractivity contribution in [2.75, 3.05) is 24.7 Å². The summed E-state index contributed by atoms with van der Waals surface area (Å²) in [6.07, 6.45) is 7.27. The first-order chi connectivity index (χ1) is 16.7. The van der Waals surface area contributed by atoms with E-state index in [0.717, 1.165) is 78.9 Å². The second-order valence-electron chi connectivity index (χ2n) is 9.61. The molecule has 2 saturated heterocycles. The molecule has 1 aromatic heterocycles. The predicted octanol–water partition coefficient (Wildman–Crippen LogP) is 5.59. The molecule has 0 bridgehead atoms. The summed E-state index contributed by atoms with van der Waals surface area (Å²) in [5.74, 6) is 1.00. The van der Waals surface area contributed by atoms with Crippen LogP contribution < -0.4 is 9.64 Å². The summed E-state index contributed by atoms with van der Waals surface area (Å²) in [7, 11) is 0. The van der Waals surface area contributed by atoms with E-state index in [2.05, 4.69) is 28.8 Å². The molecular weight excluding hydrogens is 426 g/mol. The molecule has 3 heterocycles. The number of benzene rings is 2. The molecule has 6 heteroatoms. The van der Waals surface area contributed by atoms with Crippen molar-refractivity contribution in [2.24, 2.45) is 0 Å². The molecule has 34 heavy (non-hydrogen) atoms. The van der Waals surface area contributed by atoms with Crippen LogP contribution in [-0.4, -0.2) is 36.3 Å². The summed E-state index contributed by atoms with van der Waals surface area (Å²) in [4.78, 5) is 14.0. The lowest BCUT2D eigenvalue weighted by Crippen LogP contribution is -2.23. The topological polar surface area (TPSA) is 67.5 Å². The summed E-state index contributed by atoms with van der Waals surface area (Å²) in [6.45, 7) is 2.15. The zero-order valence-electron chi connectivity index (χ0n) is 19.3.